The number of hydrogen-bond acceptors (Lipinski definition) is 5. The van der Waals surface area contributed by atoms with E-state index in [-0.39, 0.29) is 0 Å². The number of hydrogen-bond donors (Lipinski definition) is 2. The van der Waals surface area contributed by atoms with Gasteiger partial charge in [0, 0.05) is 31.7 Å². The van der Waals surface area contributed by atoms with E-state index in [1.165, 1.54) is 5.56 Å². The van der Waals surface area contributed by atoms with Crippen LogP contribution in [0.1, 0.15) is 5.56 Å². The lowest BCUT2D eigenvalue weighted by Gasteiger charge is -2.21. The second-order valence-electron chi connectivity index (χ2n) is 4.81. The van der Waals surface area contributed by atoms with Crippen LogP contribution in [0.2, 0.25) is 5.02 Å². The minimum absolute atomic E-state index is 0.333. The van der Waals surface area contributed by atoms with Crippen LogP contribution in [0.5, 0.6) is 0 Å². The van der Waals surface area contributed by atoms with Crippen LogP contribution in [-0.4, -0.2) is 47.3 Å². The maximum atomic E-state index is 5.98. The number of nitrogens with zero attached hydrogens (tertiary/aromatic N) is 4. The minimum Gasteiger partial charge on any atom is -0.368 e. The second-order valence-corrected chi connectivity index (χ2v) is 5.25. The highest BCUT2D eigenvalue weighted by atomic mass is 35.5. The first-order chi connectivity index (χ1) is 9.54. The molecule has 3 N–H and O–H groups in total. The number of rotatable bonds is 6. The number of nitrogens with two attached hydrogens (primary N) is 1. The van der Waals surface area contributed by atoms with Gasteiger partial charge in [0.2, 0.25) is 11.9 Å². The van der Waals surface area contributed by atoms with Gasteiger partial charge < -0.3 is 15.5 Å². The largest absolute Gasteiger partial charge is 0.368 e. The summed E-state index contributed by atoms with van der Waals surface area (Å²) in [6.07, 6.45) is 0. The average molecular weight is 295 g/mol. The van der Waals surface area contributed by atoms with Crippen LogP contribution in [0.3, 0.4) is 0 Å². The Kier molecular flexibility index (Phi) is 4.81. The van der Waals surface area contributed by atoms with Gasteiger partial charge in [0.05, 0.1) is 0 Å². The van der Waals surface area contributed by atoms with Crippen LogP contribution in [0.25, 0.3) is 0 Å². The summed E-state index contributed by atoms with van der Waals surface area (Å²) in [5.41, 5.74) is 6.71. The molecular weight excluding hydrogens is 276 g/mol. The molecule has 0 amide bonds. The van der Waals surface area contributed by atoms with Crippen molar-refractivity contribution < 1.29 is 0 Å². The Morgan fingerprint density at radius 2 is 2.10 bits per heavy atom. The van der Waals surface area contributed by atoms with Crippen LogP contribution in [0.15, 0.2) is 24.3 Å². The molecule has 0 saturated heterocycles. The zero-order valence-electron chi connectivity index (χ0n) is 11.7. The smallest absolute Gasteiger partial charge is 0.246 e. The Bertz CT molecular complexity index is 555. The van der Waals surface area contributed by atoms with E-state index in [1.807, 2.05) is 30.1 Å². The fraction of sp³-hybridized carbons (Fsp3) is 0.385. The van der Waals surface area contributed by atoms with Crippen LogP contribution in [0.4, 0.5) is 11.9 Å². The number of benzene rings is 1. The highest BCUT2D eigenvalue weighted by Crippen LogP contribution is 2.12. The van der Waals surface area contributed by atoms with Gasteiger partial charge in [0.25, 0.3) is 0 Å². The highest BCUT2D eigenvalue weighted by Gasteiger charge is 2.08. The van der Waals surface area contributed by atoms with Crippen molar-refractivity contribution in [3.63, 3.8) is 0 Å². The Balaban J connectivity index is 1.81. The van der Waals surface area contributed by atoms with Gasteiger partial charge in [-0.25, -0.2) is 5.10 Å². The predicted octanol–water partition coefficient (Wildman–Crippen LogP) is 1.61. The number of aromatic nitrogens is 3. The molecule has 1 heterocycles. The monoisotopic (exact) mass is 294 g/mol. The molecule has 0 fully saturated rings. The second kappa shape index (κ2) is 6.58. The fourth-order valence-electron chi connectivity index (χ4n) is 1.88. The van der Waals surface area contributed by atoms with Crippen molar-refractivity contribution >= 4 is 23.5 Å². The van der Waals surface area contributed by atoms with E-state index in [4.69, 9.17) is 17.3 Å². The zero-order valence-corrected chi connectivity index (χ0v) is 12.4. The molecular formula is C13H19ClN6. The first-order valence-corrected chi connectivity index (χ1v) is 6.74. The molecule has 0 aliphatic carbocycles. The number of nitrogen functional groups attached to an aromatic ring is 1. The Hall–Kier alpha value is -1.79. The third-order valence-corrected chi connectivity index (χ3v) is 3.23. The zero-order chi connectivity index (χ0) is 14.5. The molecule has 0 atom stereocenters. The van der Waals surface area contributed by atoms with Gasteiger partial charge >= 0.3 is 0 Å². The third-order valence-electron chi connectivity index (χ3n) is 2.99. The van der Waals surface area contributed by atoms with Gasteiger partial charge in [-0.1, -0.05) is 23.7 Å². The van der Waals surface area contributed by atoms with Gasteiger partial charge in [0.1, 0.15) is 0 Å². The van der Waals surface area contributed by atoms with E-state index in [0.717, 1.165) is 24.7 Å². The van der Waals surface area contributed by atoms with Crippen LogP contribution in [0, 0.1) is 0 Å². The molecule has 0 radical (unpaired) electrons. The van der Waals surface area contributed by atoms with Crippen molar-refractivity contribution in [2.75, 3.05) is 37.8 Å². The summed E-state index contributed by atoms with van der Waals surface area (Å²) < 4.78 is 0. The van der Waals surface area contributed by atoms with Crippen LogP contribution < -0.4 is 10.6 Å². The molecule has 108 valence electrons. The number of halogens is 1. The molecule has 0 bridgehead atoms. The molecule has 2 aromatic rings. The van der Waals surface area contributed by atoms with Crippen molar-refractivity contribution in [2.24, 2.45) is 0 Å². The molecule has 0 spiro atoms. The van der Waals surface area contributed by atoms with E-state index in [0.29, 0.717) is 11.9 Å². The lowest BCUT2D eigenvalue weighted by molar-refractivity contribution is 0.334. The number of H-pyrrole nitrogens is 1. The van der Waals surface area contributed by atoms with Crippen LogP contribution in [-0.2, 0) is 6.54 Å². The topological polar surface area (TPSA) is 74.1 Å². The summed E-state index contributed by atoms with van der Waals surface area (Å²) in [6.45, 7) is 2.55. The van der Waals surface area contributed by atoms with Gasteiger partial charge in [-0.05, 0) is 24.7 Å². The van der Waals surface area contributed by atoms with E-state index >= 15 is 0 Å². The summed E-state index contributed by atoms with van der Waals surface area (Å²) in [6, 6.07) is 7.90. The first kappa shape index (κ1) is 14.6. The van der Waals surface area contributed by atoms with Gasteiger partial charge in [-0.2, -0.15) is 4.98 Å². The predicted molar refractivity (Wildman–Crippen MR) is 81.9 cm³/mol. The van der Waals surface area contributed by atoms with Crippen molar-refractivity contribution in [2.45, 2.75) is 6.54 Å². The maximum absolute atomic E-state index is 5.98. The fourth-order valence-corrected chi connectivity index (χ4v) is 2.10. The molecule has 0 aliphatic rings. The molecule has 2 rings (SSSR count). The van der Waals surface area contributed by atoms with Crippen molar-refractivity contribution in [3.05, 3.63) is 34.9 Å². The lowest BCUT2D eigenvalue weighted by atomic mass is 10.2. The Morgan fingerprint density at radius 1 is 1.30 bits per heavy atom. The van der Waals surface area contributed by atoms with Gasteiger partial charge in [0.15, 0.2) is 0 Å². The summed E-state index contributed by atoms with van der Waals surface area (Å²) in [5.74, 6) is 0.942. The first-order valence-electron chi connectivity index (χ1n) is 6.36. The van der Waals surface area contributed by atoms with Gasteiger partial charge in [-0.15, -0.1) is 5.10 Å². The quantitative estimate of drug-likeness (QED) is 0.847. The van der Waals surface area contributed by atoms with E-state index in [2.05, 4.69) is 33.2 Å². The number of nitrogens with one attached hydrogen (secondary N) is 1. The standard InChI is InChI=1S/C13H19ClN6/c1-19(9-10-4-3-5-11(14)8-10)6-7-20(2)13-16-12(15)17-18-13/h3-5,8H,6-7,9H2,1-2H3,(H3,15,16,17,18). The Morgan fingerprint density at radius 3 is 2.75 bits per heavy atom. The molecule has 0 saturated carbocycles. The van der Waals surface area contributed by atoms with Crippen molar-refractivity contribution in [3.8, 4) is 0 Å². The molecule has 0 aliphatic heterocycles. The number of aromatic amines is 1. The highest BCUT2D eigenvalue weighted by molar-refractivity contribution is 6.30. The summed E-state index contributed by atoms with van der Waals surface area (Å²) in [5, 5.41) is 7.42. The minimum atomic E-state index is 0.333. The third kappa shape index (κ3) is 4.11. The van der Waals surface area contributed by atoms with E-state index in [9.17, 15) is 0 Å². The summed E-state index contributed by atoms with van der Waals surface area (Å²) in [4.78, 5) is 8.27. The molecule has 7 heteroatoms. The van der Waals surface area contributed by atoms with Crippen molar-refractivity contribution in [1.82, 2.24) is 20.1 Å². The summed E-state index contributed by atoms with van der Waals surface area (Å²) >= 11 is 5.98. The average Bonchev–Trinajstić information content (AvgIpc) is 2.83. The van der Waals surface area contributed by atoms with E-state index in [1.54, 1.807) is 0 Å². The van der Waals surface area contributed by atoms with Crippen molar-refractivity contribution in [1.29, 1.82) is 0 Å². The van der Waals surface area contributed by atoms with Gasteiger partial charge in [-0.3, -0.25) is 0 Å². The molecule has 1 aromatic carbocycles. The maximum Gasteiger partial charge on any atom is 0.246 e. The molecule has 6 nitrogen and oxygen atoms in total. The van der Waals surface area contributed by atoms with E-state index < -0.39 is 0 Å². The number of anilines is 2. The number of likely N-dealkylation sites (N-methyl/N-ethyl adjacent to an activating group) is 2. The molecule has 1 aromatic heterocycles. The molecule has 0 unspecified atom stereocenters. The summed E-state index contributed by atoms with van der Waals surface area (Å²) in [7, 11) is 4.01. The Labute approximate surface area is 123 Å². The normalized spacial score (nSPS) is 11.0. The van der Waals surface area contributed by atoms with Crippen LogP contribution >= 0.6 is 11.6 Å². The SMILES string of the molecule is CN(CCN(C)c1n[nH]c(N)n1)Cc1cccc(Cl)c1. The lowest BCUT2D eigenvalue weighted by Crippen LogP contribution is -2.31. The molecule has 20 heavy (non-hydrogen) atoms.